The van der Waals surface area contributed by atoms with Crippen LogP contribution in [0.2, 0.25) is 0 Å². The van der Waals surface area contributed by atoms with Gasteiger partial charge in [-0.3, -0.25) is 0 Å². The Balaban J connectivity index is 1.49. The van der Waals surface area contributed by atoms with Crippen molar-refractivity contribution in [2.75, 3.05) is 13.2 Å². The first kappa shape index (κ1) is 11.9. The third-order valence-corrected chi connectivity index (χ3v) is 3.37. The van der Waals surface area contributed by atoms with Crippen molar-refractivity contribution >= 4 is 0 Å². The molecule has 18 heavy (non-hydrogen) atoms. The number of rotatable bonds is 6. The minimum absolute atomic E-state index is 0.250. The molecule has 98 valence electrons. The van der Waals surface area contributed by atoms with E-state index in [9.17, 15) is 0 Å². The summed E-state index contributed by atoms with van der Waals surface area (Å²) in [4.78, 5) is 4.49. The summed E-state index contributed by atoms with van der Waals surface area (Å²) in [6, 6.07) is 6.66. The Hall–Kier alpha value is -1.13. The molecule has 1 aliphatic carbocycles. The first-order valence-electron chi connectivity index (χ1n) is 6.84. The molecule has 1 aromatic heterocycles. The average Bonchev–Trinajstić information content (AvgIpc) is 3.09. The third kappa shape index (κ3) is 3.43. The first-order valence-corrected chi connectivity index (χ1v) is 6.84. The van der Waals surface area contributed by atoms with Gasteiger partial charge >= 0.3 is 0 Å². The molecule has 1 saturated carbocycles. The van der Waals surface area contributed by atoms with Crippen LogP contribution in [0.25, 0.3) is 0 Å². The summed E-state index contributed by atoms with van der Waals surface area (Å²) in [7, 11) is 0. The predicted molar refractivity (Wildman–Crippen MR) is 68.6 cm³/mol. The zero-order valence-corrected chi connectivity index (χ0v) is 10.6. The molecule has 2 aliphatic rings. The molecule has 4 nitrogen and oxygen atoms in total. The highest BCUT2D eigenvalue weighted by Gasteiger charge is 2.20. The van der Waals surface area contributed by atoms with Gasteiger partial charge in [-0.1, -0.05) is 6.07 Å². The van der Waals surface area contributed by atoms with Crippen molar-refractivity contribution in [1.82, 2.24) is 10.3 Å². The fraction of sp³-hybridized carbons (Fsp3) is 0.643. The molecule has 2 heterocycles. The van der Waals surface area contributed by atoms with Crippen molar-refractivity contribution in [1.29, 1.82) is 0 Å². The van der Waals surface area contributed by atoms with Gasteiger partial charge in [0.15, 0.2) is 0 Å². The van der Waals surface area contributed by atoms with Gasteiger partial charge in [0.1, 0.15) is 6.61 Å². The van der Waals surface area contributed by atoms with E-state index >= 15 is 0 Å². The average molecular weight is 248 g/mol. The fourth-order valence-electron chi connectivity index (χ4n) is 2.13. The van der Waals surface area contributed by atoms with Crippen LogP contribution in [-0.4, -0.2) is 30.3 Å². The largest absolute Gasteiger partial charge is 0.475 e. The minimum atomic E-state index is 0.250. The Kier molecular flexibility index (Phi) is 3.76. The molecular formula is C14H20N2O2. The van der Waals surface area contributed by atoms with Crippen LogP contribution in [0, 0.1) is 0 Å². The smallest absolute Gasteiger partial charge is 0.213 e. The van der Waals surface area contributed by atoms with Gasteiger partial charge in [0.2, 0.25) is 5.88 Å². The van der Waals surface area contributed by atoms with Crippen molar-refractivity contribution in [3.8, 4) is 5.88 Å². The van der Waals surface area contributed by atoms with Gasteiger partial charge in [0.05, 0.1) is 11.8 Å². The summed E-state index contributed by atoms with van der Waals surface area (Å²) in [6.45, 7) is 2.32. The van der Waals surface area contributed by atoms with Gasteiger partial charge in [-0.25, -0.2) is 4.98 Å². The maximum atomic E-state index is 5.69. The molecule has 1 aliphatic heterocycles. The first-order chi connectivity index (χ1) is 8.90. The van der Waals surface area contributed by atoms with Gasteiger partial charge in [-0.15, -0.1) is 0 Å². The van der Waals surface area contributed by atoms with E-state index in [0.717, 1.165) is 31.7 Å². The normalized spacial score (nSPS) is 23.2. The topological polar surface area (TPSA) is 43.4 Å². The molecule has 3 rings (SSSR count). The van der Waals surface area contributed by atoms with Crippen LogP contribution in [0.4, 0.5) is 0 Å². The van der Waals surface area contributed by atoms with Gasteiger partial charge in [0.25, 0.3) is 0 Å². The number of hydrogen-bond donors (Lipinski definition) is 1. The molecule has 1 aromatic rings. The van der Waals surface area contributed by atoms with Crippen molar-refractivity contribution in [2.24, 2.45) is 0 Å². The van der Waals surface area contributed by atoms with E-state index in [0.29, 0.717) is 18.5 Å². The summed E-state index contributed by atoms with van der Waals surface area (Å²) in [5.74, 6) is 0.709. The van der Waals surface area contributed by atoms with E-state index in [1.807, 2.05) is 18.2 Å². The Morgan fingerprint density at radius 2 is 2.28 bits per heavy atom. The summed E-state index contributed by atoms with van der Waals surface area (Å²) in [5.41, 5.74) is 1.05. The van der Waals surface area contributed by atoms with Crippen LogP contribution in [0.3, 0.4) is 0 Å². The molecule has 0 aromatic carbocycles. The maximum absolute atomic E-state index is 5.69. The Bertz CT molecular complexity index is 387. The van der Waals surface area contributed by atoms with Crippen LogP contribution in [-0.2, 0) is 11.3 Å². The summed E-state index contributed by atoms with van der Waals surface area (Å²) < 4.78 is 11.2. The van der Waals surface area contributed by atoms with E-state index in [1.54, 1.807) is 0 Å². The third-order valence-electron chi connectivity index (χ3n) is 3.37. The molecule has 1 N–H and O–H groups in total. The van der Waals surface area contributed by atoms with Gasteiger partial charge < -0.3 is 14.8 Å². The number of ether oxygens (including phenoxy) is 2. The maximum Gasteiger partial charge on any atom is 0.213 e. The van der Waals surface area contributed by atoms with E-state index in [2.05, 4.69) is 10.3 Å². The van der Waals surface area contributed by atoms with E-state index in [4.69, 9.17) is 9.47 Å². The molecule has 2 fully saturated rings. The Morgan fingerprint density at radius 1 is 1.33 bits per heavy atom. The lowest BCUT2D eigenvalue weighted by molar-refractivity contribution is 0.0662. The highest BCUT2D eigenvalue weighted by Crippen LogP contribution is 2.19. The van der Waals surface area contributed by atoms with E-state index < -0.39 is 0 Å². The molecule has 1 atom stereocenters. The standard InChI is InChI=1S/C14H20N2O2/c1-3-12(9-15-11-6-7-11)16-14(5-1)18-10-13-4-2-8-17-13/h1,3,5,11,13,15H,2,4,6-10H2. The minimum Gasteiger partial charge on any atom is -0.475 e. The lowest BCUT2D eigenvalue weighted by Gasteiger charge is -2.11. The van der Waals surface area contributed by atoms with Crippen LogP contribution in [0.1, 0.15) is 31.4 Å². The number of nitrogens with zero attached hydrogens (tertiary/aromatic N) is 1. The van der Waals surface area contributed by atoms with Crippen LogP contribution in [0.15, 0.2) is 18.2 Å². The quantitative estimate of drug-likeness (QED) is 0.835. The second-order valence-corrected chi connectivity index (χ2v) is 5.07. The van der Waals surface area contributed by atoms with Gasteiger partial charge in [-0.05, 0) is 31.7 Å². The summed E-state index contributed by atoms with van der Waals surface area (Å²) in [5, 5.41) is 3.45. The van der Waals surface area contributed by atoms with Gasteiger partial charge in [-0.2, -0.15) is 0 Å². The zero-order valence-electron chi connectivity index (χ0n) is 10.6. The SMILES string of the molecule is c1cc(CNC2CC2)nc(OCC2CCCO2)c1. The number of nitrogens with one attached hydrogen (secondary N) is 1. The highest BCUT2D eigenvalue weighted by atomic mass is 16.5. The summed E-state index contributed by atoms with van der Waals surface area (Å²) in [6.07, 6.45) is 5.10. The number of hydrogen-bond acceptors (Lipinski definition) is 4. The zero-order chi connectivity index (χ0) is 12.2. The number of pyridine rings is 1. The Morgan fingerprint density at radius 3 is 3.06 bits per heavy atom. The molecule has 0 amide bonds. The van der Waals surface area contributed by atoms with E-state index in [1.165, 1.54) is 12.8 Å². The van der Waals surface area contributed by atoms with Crippen LogP contribution < -0.4 is 10.1 Å². The molecule has 0 bridgehead atoms. The van der Waals surface area contributed by atoms with Crippen molar-refractivity contribution in [3.63, 3.8) is 0 Å². The monoisotopic (exact) mass is 248 g/mol. The van der Waals surface area contributed by atoms with Crippen molar-refractivity contribution in [3.05, 3.63) is 23.9 Å². The Labute approximate surface area is 108 Å². The predicted octanol–water partition coefficient (Wildman–Crippen LogP) is 1.89. The molecule has 0 spiro atoms. The second kappa shape index (κ2) is 5.67. The van der Waals surface area contributed by atoms with Gasteiger partial charge in [0, 0.05) is 25.3 Å². The fourth-order valence-corrected chi connectivity index (χ4v) is 2.13. The molecule has 0 radical (unpaired) electrons. The van der Waals surface area contributed by atoms with Crippen LogP contribution >= 0.6 is 0 Å². The highest BCUT2D eigenvalue weighted by molar-refractivity contribution is 5.16. The molecule has 1 unspecified atom stereocenters. The van der Waals surface area contributed by atoms with Crippen molar-refractivity contribution in [2.45, 2.75) is 44.4 Å². The lowest BCUT2D eigenvalue weighted by Crippen LogP contribution is -2.18. The molecule has 4 heteroatoms. The molecule has 1 saturated heterocycles. The number of aromatic nitrogens is 1. The second-order valence-electron chi connectivity index (χ2n) is 5.07. The van der Waals surface area contributed by atoms with Crippen LogP contribution in [0.5, 0.6) is 5.88 Å². The molecular weight excluding hydrogens is 228 g/mol. The summed E-state index contributed by atoms with van der Waals surface area (Å²) >= 11 is 0. The van der Waals surface area contributed by atoms with E-state index in [-0.39, 0.29) is 6.10 Å². The van der Waals surface area contributed by atoms with Crippen molar-refractivity contribution < 1.29 is 9.47 Å². The lowest BCUT2D eigenvalue weighted by atomic mass is 10.2.